The number of hydrogen-bond donors (Lipinski definition) is 2. The number of nitro groups is 1. The molecule has 0 atom stereocenters. The third kappa shape index (κ3) is 2.37. The number of nitrogens with two attached hydrogens (primary N) is 1. The molecule has 13 heavy (non-hydrogen) atoms. The van der Waals surface area contributed by atoms with Gasteiger partial charge in [0.2, 0.25) is 0 Å². The Labute approximate surface area is 86.2 Å². The van der Waals surface area contributed by atoms with E-state index >= 15 is 0 Å². The monoisotopic (exact) mass is 359 g/mol. The minimum atomic E-state index is -1.06. The number of aromatic hydroxyl groups is 1. The molecule has 3 N–H and O–H groups in total. The first-order valence-electron chi connectivity index (χ1n) is 2.94. The molecule has 1 rings (SSSR count). The van der Waals surface area contributed by atoms with Crippen LogP contribution in [0.25, 0.3) is 0 Å². The molecule has 0 bridgehead atoms. The Kier molecular flexibility index (Phi) is 3.78. The van der Waals surface area contributed by atoms with Gasteiger partial charge in [-0.25, -0.2) is 4.39 Å². The quantitative estimate of drug-likeness (QED) is 0.446. The van der Waals surface area contributed by atoms with Crippen molar-refractivity contribution in [3.63, 3.8) is 0 Å². The van der Waals surface area contributed by atoms with Crippen LogP contribution in [-0.2, 0) is 20.4 Å². The van der Waals surface area contributed by atoms with E-state index < -0.39 is 22.2 Å². The second-order valence-electron chi connectivity index (χ2n) is 2.12. The van der Waals surface area contributed by atoms with Crippen LogP contribution in [0.1, 0.15) is 0 Å². The number of nitro benzene ring substituents is 1. The van der Waals surface area contributed by atoms with Crippen molar-refractivity contribution in [1.82, 2.24) is 0 Å². The Bertz CT molecular complexity index is 345. The SMILES string of the molecule is Nc1cc(O)c(F)cc1[N+](=O)[O-].[Re]. The van der Waals surface area contributed by atoms with Crippen LogP contribution in [0.3, 0.4) is 0 Å². The molecule has 0 aromatic heterocycles. The molecule has 0 aliphatic heterocycles. The van der Waals surface area contributed by atoms with Crippen LogP contribution in [0.4, 0.5) is 15.8 Å². The molecule has 0 aliphatic rings. The largest absolute Gasteiger partial charge is 0.505 e. The van der Waals surface area contributed by atoms with Crippen molar-refractivity contribution >= 4 is 11.4 Å². The molecular weight excluding hydrogens is 353 g/mol. The molecule has 5 nitrogen and oxygen atoms in total. The van der Waals surface area contributed by atoms with E-state index in [9.17, 15) is 14.5 Å². The van der Waals surface area contributed by atoms with E-state index in [1.165, 1.54) is 0 Å². The molecule has 1 radical (unpaired) electrons. The van der Waals surface area contributed by atoms with E-state index in [4.69, 9.17) is 10.8 Å². The fraction of sp³-hybridized carbons (Fsp3) is 0. The maximum Gasteiger partial charge on any atom is 0.295 e. The number of anilines is 1. The van der Waals surface area contributed by atoms with Crippen LogP contribution in [0.5, 0.6) is 5.75 Å². The van der Waals surface area contributed by atoms with Crippen molar-refractivity contribution in [2.24, 2.45) is 0 Å². The number of phenolic OH excluding ortho intramolecular Hbond substituents is 1. The van der Waals surface area contributed by atoms with Gasteiger partial charge in [-0.3, -0.25) is 10.1 Å². The summed E-state index contributed by atoms with van der Waals surface area (Å²) in [6, 6.07) is 1.37. The van der Waals surface area contributed by atoms with Gasteiger partial charge in [-0.1, -0.05) is 0 Å². The first-order chi connectivity index (χ1) is 5.52. The molecular formula is C6H5FN2O3Re. The first kappa shape index (κ1) is 11.8. The fourth-order valence-corrected chi connectivity index (χ4v) is 0.726. The maximum atomic E-state index is 12.5. The normalized spacial score (nSPS) is 9.00. The predicted molar refractivity (Wildman–Crippen MR) is 39.1 cm³/mol. The third-order valence-electron chi connectivity index (χ3n) is 1.29. The number of hydrogen-bond acceptors (Lipinski definition) is 4. The van der Waals surface area contributed by atoms with Gasteiger partial charge >= 0.3 is 0 Å². The summed E-state index contributed by atoms with van der Waals surface area (Å²) in [7, 11) is 0. The second kappa shape index (κ2) is 4.16. The predicted octanol–water partition coefficient (Wildman–Crippen LogP) is 1.02. The molecule has 1 aromatic rings. The van der Waals surface area contributed by atoms with Crippen molar-refractivity contribution in [1.29, 1.82) is 0 Å². The van der Waals surface area contributed by atoms with Crippen molar-refractivity contribution in [2.75, 3.05) is 5.73 Å². The zero-order chi connectivity index (χ0) is 9.30. The minimum absolute atomic E-state index is 0. The molecule has 7 heteroatoms. The minimum Gasteiger partial charge on any atom is -0.505 e. The summed E-state index contributed by atoms with van der Waals surface area (Å²) in [5.74, 6) is -1.76. The van der Waals surface area contributed by atoms with Gasteiger partial charge in [-0.15, -0.1) is 0 Å². The van der Waals surface area contributed by atoms with Gasteiger partial charge in [0.15, 0.2) is 11.6 Å². The van der Waals surface area contributed by atoms with Gasteiger partial charge in [-0.2, -0.15) is 0 Å². The number of benzene rings is 1. The number of nitrogen functional groups attached to an aromatic ring is 1. The summed E-state index contributed by atoms with van der Waals surface area (Å²) in [5.41, 5.74) is 4.31. The molecule has 0 saturated carbocycles. The molecule has 0 saturated heterocycles. The Balaban J connectivity index is 0.00000144. The average molecular weight is 358 g/mol. The first-order valence-corrected chi connectivity index (χ1v) is 2.94. The second-order valence-corrected chi connectivity index (χ2v) is 2.12. The Hall–Kier alpha value is -1.19. The van der Waals surface area contributed by atoms with Crippen molar-refractivity contribution < 1.29 is 34.8 Å². The number of phenols is 1. The van der Waals surface area contributed by atoms with Gasteiger partial charge < -0.3 is 10.8 Å². The Morgan fingerprint density at radius 3 is 2.54 bits per heavy atom. The van der Waals surface area contributed by atoms with Crippen LogP contribution in [0, 0.1) is 15.9 Å². The fourth-order valence-electron chi connectivity index (χ4n) is 0.726. The van der Waals surface area contributed by atoms with Crippen molar-refractivity contribution in [3.8, 4) is 5.75 Å². The van der Waals surface area contributed by atoms with E-state index in [-0.39, 0.29) is 26.1 Å². The molecule has 0 spiro atoms. The molecule has 71 valence electrons. The summed E-state index contributed by atoms with van der Waals surface area (Å²) in [6.07, 6.45) is 0. The van der Waals surface area contributed by atoms with Gasteiger partial charge in [0.25, 0.3) is 5.69 Å². The van der Waals surface area contributed by atoms with E-state index in [1.54, 1.807) is 0 Å². The topological polar surface area (TPSA) is 89.4 Å². The van der Waals surface area contributed by atoms with Crippen LogP contribution in [-0.4, -0.2) is 10.0 Å². The zero-order valence-electron chi connectivity index (χ0n) is 6.20. The Morgan fingerprint density at radius 2 is 2.08 bits per heavy atom. The van der Waals surface area contributed by atoms with Crippen LogP contribution >= 0.6 is 0 Å². The summed E-state index contributed by atoms with van der Waals surface area (Å²) in [4.78, 5) is 9.34. The van der Waals surface area contributed by atoms with Crippen molar-refractivity contribution in [2.45, 2.75) is 0 Å². The summed E-state index contributed by atoms with van der Waals surface area (Å²) >= 11 is 0. The molecule has 0 aliphatic carbocycles. The van der Waals surface area contributed by atoms with Gasteiger partial charge in [0.1, 0.15) is 5.69 Å². The van der Waals surface area contributed by atoms with E-state index in [1.807, 2.05) is 0 Å². The molecule has 0 fully saturated rings. The Morgan fingerprint density at radius 1 is 1.54 bits per heavy atom. The smallest absolute Gasteiger partial charge is 0.295 e. The number of halogens is 1. The van der Waals surface area contributed by atoms with E-state index in [0.29, 0.717) is 6.07 Å². The average Bonchev–Trinajstić information content (AvgIpc) is 1.96. The molecule has 0 heterocycles. The molecule has 0 unspecified atom stereocenters. The van der Waals surface area contributed by atoms with Crippen LogP contribution < -0.4 is 5.73 Å². The number of rotatable bonds is 1. The third-order valence-corrected chi connectivity index (χ3v) is 1.29. The summed E-state index contributed by atoms with van der Waals surface area (Å²) in [6.45, 7) is 0. The molecule has 1 aromatic carbocycles. The van der Waals surface area contributed by atoms with Gasteiger partial charge in [-0.05, 0) is 0 Å². The summed E-state index contributed by atoms with van der Waals surface area (Å²) < 4.78 is 12.5. The standard InChI is InChI=1S/C6H5FN2O3.Re/c7-3-1-5(9(11)12)4(8)2-6(3)10;/h1-2,10H,8H2;. The maximum absolute atomic E-state index is 12.5. The summed E-state index contributed by atoms with van der Waals surface area (Å²) in [5, 5.41) is 18.9. The van der Waals surface area contributed by atoms with Crippen molar-refractivity contribution in [3.05, 3.63) is 28.1 Å². The van der Waals surface area contributed by atoms with E-state index in [0.717, 1.165) is 6.07 Å². The van der Waals surface area contributed by atoms with Gasteiger partial charge in [0, 0.05) is 26.5 Å². The molecule has 0 amide bonds. The zero-order valence-corrected chi connectivity index (χ0v) is 8.91. The van der Waals surface area contributed by atoms with E-state index in [2.05, 4.69) is 0 Å². The van der Waals surface area contributed by atoms with Crippen LogP contribution in [0.2, 0.25) is 0 Å². The number of nitrogens with zero attached hydrogens (tertiary/aromatic N) is 1. The van der Waals surface area contributed by atoms with Gasteiger partial charge in [0.05, 0.1) is 11.0 Å². The van der Waals surface area contributed by atoms with Crippen LogP contribution in [0.15, 0.2) is 12.1 Å².